The van der Waals surface area contributed by atoms with E-state index in [0.29, 0.717) is 0 Å². The molecule has 0 aromatic carbocycles. The second-order valence-corrected chi connectivity index (χ2v) is 4.88. The van der Waals surface area contributed by atoms with Crippen molar-refractivity contribution < 1.29 is 9.47 Å². The molecule has 0 fully saturated rings. The molecule has 13 heavy (non-hydrogen) atoms. The monoisotopic (exact) mass is 440 g/mol. The number of allylic oxidation sites excluding steroid dienone is 2. The number of hydrogen-bond acceptors (Lipinski definition) is 2. The Labute approximate surface area is 111 Å². The Balaban J connectivity index is 4.78. The average Bonchev–Trinajstić information content (AvgIpc) is 2.17. The lowest BCUT2D eigenvalue weighted by Gasteiger charge is -2.14. The number of hydrogen-bond donors (Lipinski definition) is 0. The van der Waals surface area contributed by atoms with Gasteiger partial charge in [-0.2, -0.15) is 0 Å². The summed E-state index contributed by atoms with van der Waals surface area (Å²) in [6, 6.07) is 0. The van der Waals surface area contributed by atoms with Crippen LogP contribution in [0.5, 0.6) is 0 Å². The molecular formula is C7H8Br4O2. The van der Waals surface area contributed by atoms with Gasteiger partial charge in [0, 0.05) is 23.2 Å². The zero-order chi connectivity index (χ0) is 10.4. The van der Waals surface area contributed by atoms with E-state index in [2.05, 4.69) is 63.7 Å². The Hall–Kier alpha value is 1.32. The van der Waals surface area contributed by atoms with Gasteiger partial charge in [0.1, 0.15) is 0 Å². The maximum absolute atomic E-state index is 5.06. The van der Waals surface area contributed by atoms with Crippen LogP contribution >= 0.6 is 63.7 Å². The minimum Gasteiger partial charge on any atom is -0.351 e. The highest BCUT2D eigenvalue weighted by Gasteiger charge is 2.14. The molecule has 0 rings (SSSR count). The fraction of sp³-hybridized carbons (Fsp3) is 0.429. The van der Waals surface area contributed by atoms with Crippen molar-refractivity contribution >= 4 is 63.7 Å². The first kappa shape index (κ1) is 14.3. The van der Waals surface area contributed by atoms with Gasteiger partial charge in [0.05, 0.1) is 4.48 Å². The molecule has 0 spiro atoms. The van der Waals surface area contributed by atoms with Crippen molar-refractivity contribution in [1.29, 1.82) is 0 Å². The summed E-state index contributed by atoms with van der Waals surface area (Å²) in [4.78, 5) is 1.74. The Morgan fingerprint density at radius 3 is 1.92 bits per heavy atom. The maximum Gasteiger partial charge on any atom is 0.190 e. The van der Waals surface area contributed by atoms with Gasteiger partial charge in [0.2, 0.25) is 0 Å². The molecule has 0 aliphatic heterocycles. The molecule has 6 heteroatoms. The SMILES string of the molecule is COC(OC)/C(Br)=C(Br)/C(Br)=C/Br. The maximum atomic E-state index is 5.06. The van der Waals surface area contributed by atoms with Crippen molar-refractivity contribution in [3.05, 3.63) is 18.4 Å². The van der Waals surface area contributed by atoms with Crippen molar-refractivity contribution in [3.63, 3.8) is 0 Å². The number of ether oxygens (including phenoxy) is 2. The standard InChI is InChI=1S/C7H8Br4O2/c1-12-7(13-2)6(11)5(10)4(9)3-8/h3,7H,1-2H3/b4-3-,6-5+. The van der Waals surface area contributed by atoms with Gasteiger partial charge in [-0.1, -0.05) is 15.9 Å². The van der Waals surface area contributed by atoms with Crippen LogP contribution < -0.4 is 0 Å². The van der Waals surface area contributed by atoms with Gasteiger partial charge in [-0.25, -0.2) is 0 Å². The van der Waals surface area contributed by atoms with Crippen molar-refractivity contribution in [2.24, 2.45) is 0 Å². The molecule has 0 unspecified atom stereocenters. The van der Waals surface area contributed by atoms with Gasteiger partial charge < -0.3 is 9.47 Å². The summed E-state index contributed by atoms with van der Waals surface area (Å²) in [5, 5.41) is 0. The molecule has 0 bridgehead atoms. The third-order valence-corrected chi connectivity index (χ3v) is 5.54. The van der Waals surface area contributed by atoms with Crippen molar-refractivity contribution in [3.8, 4) is 0 Å². The highest BCUT2D eigenvalue weighted by molar-refractivity contribution is 9.17. The smallest absolute Gasteiger partial charge is 0.190 e. The number of methoxy groups -OCH3 is 2. The van der Waals surface area contributed by atoms with E-state index in [9.17, 15) is 0 Å². The molecule has 0 aliphatic carbocycles. The summed E-state index contributed by atoms with van der Waals surface area (Å²) in [5.41, 5.74) is 0. The Bertz CT molecular complexity index is 221. The molecule has 76 valence electrons. The van der Waals surface area contributed by atoms with Crippen LogP contribution in [0, 0.1) is 0 Å². The Morgan fingerprint density at radius 1 is 1.15 bits per heavy atom. The van der Waals surface area contributed by atoms with Crippen LogP contribution in [-0.4, -0.2) is 20.5 Å². The summed E-state index contributed by atoms with van der Waals surface area (Å²) >= 11 is 13.3. The van der Waals surface area contributed by atoms with E-state index in [1.807, 2.05) is 0 Å². The van der Waals surface area contributed by atoms with Crippen LogP contribution in [-0.2, 0) is 9.47 Å². The first-order chi connectivity index (χ1) is 6.08. The van der Waals surface area contributed by atoms with Crippen LogP contribution in [0.15, 0.2) is 18.4 Å². The second-order valence-electron chi connectivity index (χ2n) is 1.92. The van der Waals surface area contributed by atoms with Crippen LogP contribution in [0.3, 0.4) is 0 Å². The molecule has 0 aliphatic rings. The number of halogens is 4. The van der Waals surface area contributed by atoms with E-state index in [1.165, 1.54) is 0 Å². The van der Waals surface area contributed by atoms with Crippen molar-refractivity contribution in [2.45, 2.75) is 6.29 Å². The molecule has 0 radical (unpaired) electrons. The van der Waals surface area contributed by atoms with Crippen LogP contribution in [0.4, 0.5) is 0 Å². The van der Waals surface area contributed by atoms with Gasteiger partial charge in [0.15, 0.2) is 6.29 Å². The lowest BCUT2D eigenvalue weighted by atomic mass is 10.4. The molecule has 0 N–H and O–H groups in total. The van der Waals surface area contributed by atoms with E-state index in [4.69, 9.17) is 9.47 Å². The minimum absolute atomic E-state index is 0.408. The molecule has 0 aromatic heterocycles. The van der Waals surface area contributed by atoms with Crippen molar-refractivity contribution in [1.82, 2.24) is 0 Å². The minimum atomic E-state index is -0.408. The summed E-state index contributed by atoms with van der Waals surface area (Å²) in [6.07, 6.45) is -0.408. The zero-order valence-electron chi connectivity index (χ0n) is 6.98. The molecule has 0 amide bonds. The zero-order valence-corrected chi connectivity index (χ0v) is 13.3. The Morgan fingerprint density at radius 2 is 1.62 bits per heavy atom. The molecular weight excluding hydrogens is 436 g/mol. The van der Waals surface area contributed by atoms with Crippen molar-refractivity contribution in [2.75, 3.05) is 14.2 Å². The van der Waals surface area contributed by atoms with Crippen LogP contribution in [0.1, 0.15) is 0 Å². The summed E-state index contributed by atoms with van der Waals surface area (Å²) in [6.45, 7) is 0. The van der Waals surface area contributed by atoms with E-state index in [0.717, 1.165) is 13.4 Å². The van der Waals surface area contributed by atoms with Gasteiger partial charge in [0.25, 0.3) is 0 Å². The van der Waals surface area contributed by atoms with Gasteiger partial charge in [-0.3, -0.25) is 0 Å². The fourth-order valence-electron chi connectivity index (χ4n) is 0.569. The van der Waals surface area contributed by atoms with Gasteiger partial charge >= 0.3 is 0 Å². The quantitative estimate of drug-likeness (QED) is 0.478. The highest BCUT2D eigenvalue weighted by atomic mass is 79.9. The van der Waals surface area contributed by atoms with Gasteiger partial charge in [-0.05, 0) is 52.8 Å². The summed E-state index contributed by atoms with van der Waals surface area (Å²) < 4.78 is 12.6. The van der Waals surface area contributed by atoms with Crippen LogP contribution in [0.2, 0.25) is 0 Å². The second kappa shape index (κ2) is 7.59. The predicted octanol–water partition coefficient (Wildman–Crippen LogP) is 4.24. The normalized spacial score (nSPS) is 14.8. The molecule has 0 saturated carbocycles. The van der Waals surface area contributed by atoms with Crippen LogP contribution in [0.25, 0.3) is 0 Å². The highest BCUT2D eigenvalue weighted by Crippen LogP contribution is 2.32. The van der Waals surface area contributed by atoms with Gasteiger partial charge in [-0.15, -0.1) is 0 Å². The molecule has 0 heterocycles. The van der Waals surface area contributed by atoms with E-state index in [-0.39, 0.29) is 0 Å². The largest absolute Gasteiger partial charge is 0.351 e. The summed E-state index contributed by atoms with van der Waals surface area (Å²) in [7, 11) is 3.14. The number of rotatable bonds is 4. The Kier molecular flexibility index (Phi) is 8.36. The lowest BCUT2D eigenvalue weighted by molar-refractivity contribution is -0.0688. The summed E-state index contributed by atoms with van der Waals surface area (Å²) in [5.74, 6) is 0. The van der Waals surface area contributed by atoms with E-state index < -0.39 is 6.29 Å². The molecule has 0 aromatic rings. The molecule has 0 atom stereocenters. The first-order valence-corrected chi connectivity index (χ1v) is 6.45. The van der Waals surface area contributed by atoms with E-state index >= 15 is 0 Å². The topological polar surface area (TPSA) is 18.5 Å². The van der Waals surface area contributed by atoms with E-state index in [1.54, 1.807) is 19.2 Å². The lowest BCUT2D eigenvalue weighted by Crippen LogP contribution is -2.13. The third-order valence-electron chi connectivity index (χ3n) is 1.15. The fourth-order valence-corrected chi connectivity index (χ4v) is 2.47. The molecule has 2 nitrogen and oxygen atoms in total. The first-order valence-electron chi connectivity index (χ1n) is 3.15. The predicted molar refractivity (Wildman–Crippen MR) is 68.6 cm³/mol. The molecule has 0 saturated heterocycles. The average molecular weight is 444 g/mol. The third kappa shape index (κ3) is 4.57.